The van der Waals surface area contributed by atoms with Crippen LogP contribution in [0.5, 0.6) is 0 Å². The lowest BCUT2D eigenvalue weighted by Crippen LogP contribution is -2.22. The largest absolute Gasteiger partial charge is 0.391 e. The summed E-state index contributed by atoms with van der Waals surface area (Å²) in [6.07, 6.45) is 8.27. The summed E-state index contributed by atoms with van der Waals surface area (Å²) in [5.41, 5.74) is 0. The number of hydrogen-bond donors (Lipinski definition) is 2. The van der Waals surface area contributed by atoms with Gasteiger partial charge in [-0.2, -0.15) is 0 Å². The molecule has 13 heavy (non-hydrogen) atoms. The molecule has 2 atom stereocenters. The fraction of sp³-hybridized carbons (Fsp3) is 1.00. The minimum Gasteiger partial charge on any atom is -0.391 e. The van der Waals surface area contributed by atoms with Crippen LogP contribution in [-0.4, -0.2) is 24.3 Å². The zero-order valence-electron chi connectivity index (χ0n) is 8.34. The highest BCUT2D eigenvalue weighted by molar-refractivity contribution is 4.83. The van der Waals surface area contributed by atoms with Crippen LogP contribution in [0.25, 0.3) is 0 Å². The number of hydrogen-bond acceptors (Lipinski definition) is 2. The Balaban J connectivity index is 1.75. The van der Waals surface area contributed by atoms with Crippen molar-refractivity contribution in [1.82, 2.24) is 5.32 Å². The van der Waals surface area contributed by atoms with Crippen molar-refractivity contribution in [2.75, 3.05) is 13.1 Å². The average molecular weight is 183 g/mol. The zero-order valence-corrected chi connectivity index (χ0v) is 8.34. The third-order valence-electron chi connectivity index (χ3n) is 3.66. The summed E-state index contributed by atoms with van der Waals surface area (Å²) in [5.74, 6) is 1.45. The van der Waals surface area contributed by atoms with Gasteiger partial charge in [0, 0.05) is 13.1 Å². The number of β-amino-alcohol motifs (C(OH)–C–C–N with tert-alkyl or cyclic N) is 1. The van der Waals surface area contributed by atoms with Crippen LogP contribution in [0.15, 0.2) is 0 Å². The molecule has 0 aromatic carbocycles. The molecule has 2 N–H and O–H groups in total. The molecule has 2 fully saturated rings. The highest BCUT2D eigenvalue weighted by Gasteiger charge is 2.27. The first-order chi connectivity index (χ1) is 6.36. The van der Waals surface area contributed by atoms with Crippen LogP contribution in [0.3, 0.4) is 0 Å². The molecule has 2 nitrogen and oxygen atoms in total. The molecule has 0 radical (unpaired) electrons. The Bertz CT molecular complexity index is 154. The minimum absolute atomic E-state index is 0.0677. The second-order valence-corrected chi connectivity index (χ2v) is 4.73. The molecule has 1 aliphatic carbocycles. The van der Waals surface area contributed by atoms with Gasteiger partial charge in [-0.15, -0.1) is 0 Å². The second kappa shape index (κ2) is 4.43. The standard InChI is InChI=1S/C11H21NO/c13-11-8-12-7-10(11)6-9-4-2-1-3-5-9/h9-13H,1-8H2/t10-,11-/m1/s1. The number of aliphatic hydroxyl groups excluding tert-OH is 1. The summed E-state index contributed by atoms with van der Waals surface area (Å²) in [4.78, 5) is 0. The van der Waals surface area contributed by atoms with Crippen molar-refractivity contribution >= 4 is 0 Å². The van der Waals surface area contributed by atoms with E-state index in [1.54, 1.807) is 0 Å². The van der Waals surface area contributed by atoms with Crippen molar-refractivity contribution in [3.8, 4) is 0 Å². The van der Waals surface area contributed by atoms with Crippen LogP contribution >= 0.6 is 0 Å². The molecule has 0 amide bonds. The summed E-state index contributed by atoms with van der Waals surface area (Å²) in [7, 11) is 0. The Morgan fingerprint density at radius 1 is 1.08 bits per heavy atom. The summed E-state index contributed by atoms with van der Waals surface area (Å²) in [6, 6.07) is 0. The maximum Gasteiger partial charge on any atom is 0.0704 e. The normalized spacial score (nSPS) is 36.7. The predicted octanol–water partition coefficient (Wildman–Crippen LogP) is 1.54. The van der Waals surface area contributed by atoms with Gasteiger partial charge in [0.05, 0.1) is 6.10 Å². The maximum absolute atomic E-state index is 9.66. The van der Waals surface area contributed by atoms with Crippen molar-refractivity contribution in [2.24, 2.45) is 11.8 Å². The lowest BCUT2D eigenvalue weighted by Gasteiger charge is -2.25. The van der Waals surface area contributed by atoms with E-state index in [2.05, 4.69) is 5.32 Å². The molecule has 1 saturated carbocycles. The topological polar surface area (TPSA) is 32.3 Å². The molecule has 0 aromatic heterocycles. The van der Waals surface area contributed by atoms with Gasteiger partial charge in [0.25, 0.3) is 0 Å². The Kier molecular flexibility index (Phi) is 3.23. The molecular weight excluding hydrogens is 162 g/mol. The summed E-state index contributed by atoms with van der Waals surface area (Å²) in [6.45, 7) is 1.86. The van der Waals surface area contributed by atoms with Crippen molar-refractivity contribution in [3.63, 3.8) is 0 Å². The number of aliphatic hydroxyl groups is 1. The van der Waals surface area contributed by atoms with E-state index in [0.717, 1.165) is 19.0 Å². The van der Waals surface area contributed by atoms with Crippen LogP contribution < -0.4 is 5.32 Å². The Hall–Kier alpha value is -0.0800. The number of rotatable bonds is 2. The second-order valence-electron chi connectivity index (χ2n) is 4.73. The van der Waals surface area contributed by atoms with Gasteiger partial charge in [0.15, 0.2) is 0 Å². The Morgan fingerprint density at radius 2 is 1.85 bits per heavy atom. The van der Waals surface area contributed by atoms with Crippen molar-refractivity contribution in [2.45, 2.75) is 44.6 Å². The van der Waals surface area contributed by atoms with Gasteiger partial charge >= 0.3 is 0 Å². The van der Waals surface area contributed by atoms with Crippen molar-refractivity contribution in [3.05, 3.63) is 0 Å². The lowest BCUT2D eigenvalue weighted by molar-refractivity contribution is 0.125. The molecule has 1 heterocycles. The van der Waals surface area contributed by atoms with Crippen LogP contribution in [-0.2, 0) is 0 Å². The van der Waals surface area contributed by atoms with Crippen LogP contribution in [0.1, 0.15) is 38.5 Å². The minimum atomic E-state index is -0.0677. The summed E-state index contributed by atoms with van der Waals surface area (Å²) in [5, 5.41) is 12.9. The van der Waals surface area contributed by atoms with E-state index in [0.29, 0.717) is 5.92 Å². The third kappa shape index (κ3) is 2.44. The molecule has 2 heteroatoms. The van der Waals surface area contributed by atoms with Crippen molar-refractivity contribution < 1.29 is 5.11 Å². The fourth-order valence-corrected chi connectivity index (χ4v) is 2.81. The van der Waals surface area contributed by atoms with E-state index in [1.807, 2.05) is 0 Å². The Morgan fingerprint density at radius 3 is 2.46 bits per heavy atom. The first-order valence-electron chi connectivity index (χ1n) is 5.75. The van der Waals surface area contributed by atoms with Gasteiger partial charge in [0.2, 0.25) is 0 Å². The van der Waals surface area contributed by atoms with E-state index in [4.69, 9.17) is 0 Å². The van der Waals surface area contributed by atoms with Crippen molar-refractivity contribution in [1.29, 1.82) is 0 Å². The Labute approximate surface area is 80.7 Å². The highest BCUT2D eigenvalue weighted by atomic mass is 16.3. The molecular formula is C11H21NO. The van der Waals surface area contributed by atoms with Gasteiger partial charge < -0.3 is 10.4 Å². The van der Waals surface area contributed by atoms with Gasteiger partial charge in [-0.1, -0.05) is 32.1 Å². The smallest absolute Gasteiger partial charge is 0.0704 e. The molecule has 0 unspecified atom stereocenters. The fourth-order valence-electron chi connectivity index (χ4n) is 2.81. The van der Waals surface area contributed by atoms with E-state index in [9.17, 15) is 5.11 Å². The lowest BCUT2D eigenvalue weighted by atomic mass is 9.82. The van der Waals surface area contributed by atoms with Gasteiger partial charge in [-0.05, 0) is 18.3 Å². The van der Waals surface area contributed by atoms with Gasteiger partial charge in [-0.25, -0.2) is 0 Å². The van der Waals surface area contributed by atoms with E-state index < -0.39 is 0 Å². The molecule has 1 saturated heterocycles. The molecule has 2 rings (SSSR count). The molecule has 1 aliphatic heterocycles. The highest BCUT2D eigenvalue weighted by Crippen LogP contribution is 2.30. The predicted molar refractivity (Wildman–Crippen MR) is 53.6 cm³/mol. The first kappa shape index (κ1) is 9.47. The van der Waals surface area contributed by atoms with E-state index in [1.165, 1.54) is 38.5 Å². The first-order valence-corrected chi connectivity index (χ1v) is 5.75. The van der Waals surface area contributed by atoms with Crippen LogP contribution in [0.4, 0.5) is 0 Å². The van der Waals surface area contributed by atoms with E-state index in [-0.39, 0.29) is 6.10 Å². The van der Waals surface area contributed by atoms with E-state index >= 15 is 0 Å². The van der Waals surface area contributed by atoms with Gasteiger partial charge in [0.1, 0.15) is 0 Å². The molecule has 76 valence electrons. The molecule has 0 spiro atoms. The third-order valence-corrected chi connectivity index (χ3v) is 3.66. The summed E-state index contributed by atoms with van der Waals surface area (Å²) < 4.78 is 0. The van der Waals surface area contributed by atoms with Gasteiger partial charge in [-0.3, -0.25) is 0 Å². The molecule has 0 aromatic rings. The SMILES string of the molecule is O[C@@H]1CNC[C@H]1CC1CCCCC1. The maximum atomic E-state index is 9.66. The monoisotopic (exact) mass is 183 g/mol. The summed E-state index contributed by atoms with van der Waals surface area (Å²) >= 11 is 0. The average Bonchev–Trinajstić information content (AvgIpc) is 2.54. The molecule has 0 bridgehead atoms. The zero-order chi connectivity index (χ0) is 9.10. The van der Waals surface area contributed by atoms with Crippen LogP contribution in [0.2, 0.25) is 0 Å². The number of nitrogens with one attached hydrogen (secondary N) is 1. The van der Waals surface area contributed by atoms with Crippen LogP contribution in [0, 0.1) is 11.8 Å². The quantitative estimate of drug-likeness (QED) is 0.680. The molecule has 2 aliphatic rings.